The summed E-state index contributed by atoms with van der Waals surface area (Å²) in [7, 11) is -2.36. The maximum Gasteiger partial charge on any atom is 0.172 e. The number of hydrogen-bond donors (Lipinski definition) is 0. The van der Waals surface area contributed by atoms with Gasteiger partial charge in [-0.15, -0.1) is 0 Å². The van der Waals surface area contributed by atoms with Crippen LogP contribution in [0.3, 0.4) is 0 Å². The van der Waals surface area contributed by atoms with E-state index >= 15 is 0 Å². The molecule has 4 aromatic rings. The molecular formula is C30H24Si. The van der Waals surface area contributed by atoms with Crippen molar-refractivity contribution in [2.45, 2.75) is 12.8 Å². The normalized spacial score (nSPS) is 14.6. The lowest BCUT2D eigenvalue weighted by Gasteiger charge is -2.36. The van der Waals surface area contributed by atoms with Crippen LogP contribution in [-0.2, 0) is 12.8 Å². The molecule has 0 aromatic heterocycles. The van der Waals surface area contributed by atoms with Crippen LogP contribution in [-0.4, -0.2) is 8.07 Å². The summed E-state index contributed by atoms with van der Waals surface area (Å²) in [6.45, 7) is 0. The topological polar surface area (TPSA) is 0 Å². The molecule has 2 aliphatic carbocycles. The van der Waals surface area contributed by atoms with Crippen molar-refractivity contribution in [1.29, 1.82) is 0 Å². The van der Waals surface area contributed by atoms with Gasteiger partial charge in [-0.1, -0.05) is 132 Å². The fraction of sp³-hybridized carbons (Fsp3) is 0.0667. The fourth-order valence-electron chi connectivity index (χ4n) is 5.53. The largest absolute Gasteiger partial charge is 0.172 e. The summed E-state index contributed by atoms with van der Waals surface area (Å²) in [6.07, 6.45) is 7.09. The second-order valence-corrected chi connectivity index (χ2v) is 12.5. The molecule has 148 valence electrons. The molecule has 0 unspecified atom stereocenters. The quantitative estimate of drug-likeness (QED) is 0.382. The van der Waals surface area contributed by atoms with Crippen LogP contribution in [0.4, 0.5) is 0 Å². The lowest BCUT2D eigenvalue weighted by molar-refractivity contribution is 1.24. The highest BCUT2D eigenvalue weighted by atomic mass is 28.3. The third-order valence-corrected chi connectivity index (χ3v) is 11.9. The van der Waals surface area contributed by atoms with Crippen molar-refractivity contribution in [3.63, 3.8) is 0 Å². The molecule has 0 atom stereocenters. The van der Waals surface area contributed by atoms with Crippen LogP contribution < -0.4 is 10.4 Å². The van der Waals surface area contributed by atoms with E-state index in [1.807, 2.05) is 0 Å². The van der Waals surface area contributed by atoms with Crippen LogP contribution in [0.1, 0.15) is 22.3 Å². The zero-order valence-corrected chi connectivity index (χ0v) is 18.5. The van der Waals surface area contributed by atoms with Crippen LogP contribution in [0, 0.1) is 0 Å². The predicted molar refractivity (Wildman–Crippen MR) is 134 cm³/mol. The molecule has 0 spiro atoms. The Hall–Kier alpha value is -3.42. The molecular weight excluding hydrogens is 388 g/mol. The number of allylic oxidation sites excluding steroid dienone is 2. The Morgan fingerprint density at radius 1 is 0.419 bits per heavy atom. The molecule has 0 heterocycles. The molecule has 2 aliphatic rings. The molecule has 31 heavy (non-hydrogen) atoms. The van der Waals surface area contributed by atoms with Crippen molar-refractivity contribution in [3.8, 4) is 0 Å². The van der Waals surface area contributed by atoms with Crippen molar-refractivity contribution >= 4 is 30.6 Å². The minimum absolute atomic E-state index is 1.04. The highest BCUT2D eigenvalue weighted by molar-refractivity contribution is 7.13. The predicted octanol–water partition coefficient (Wildman–Crippen LogP) is 5.61. The number of hydrogen-bond acceptors (Lipinski definition) is 0. The Labute approximate surface area is 185 Å². The van der Waals surface area contributed by atoms with Gasteiger partial charge in [0.25, 0.3) is 0 Å². The monoisotopic (exact) mass is 412 g/mol. The van der Waals surface area contributed by atoms with Crippen LogP contribution in [0.5, 0.6) is 0 Å². The second-order valence-electron chi connectivity index (χ2n) is 8.57. The first-order valence-corrected chi connectivity index (χ1v) is 13.0. The van der Waals surface area contributed by atoms with Gasteiger partial charge in [-0.25, -0.2) is 0 Å². The van der Waals surface area contributed by atoms with E-state index in [0.29, 0.717) is 0 Å². The Morgan fingerprint density at radius 3 is 1.23 bits per heavy atom. The first kappa shape index (κ1) is 18.4. The van der Waals surface area contributed by atoms with Gasteiger partial charge in [0, 0.05) is 0 Å². The van der Waals surface area contributed by atoms with Crippen molar-refractivity contribution in [1.82, 2.24) is 0 Å². The summed E-state index contributed by atoms with van der Waals surface area (Å²) < 4.78 is 0. The van der Waals surface area contributed by atoms with Gasteiger partial charge >= 0.3 is 0 Å². The molecule has 0 nitrogen and oxygen atoms in total. The van der Waals surface area contributed by atoms with E-state index in [2.05, 4.69) is 121 Å². The SMILES string of the molecule is C1=C([Si](C2=Cc3ccccc3C2)(c2ccccc2)c2ccccc2)Cc2ccccc21. The molecule has 6 rings (SSSR count). The Kier molecular flexibility index (Phi) is 4.36. The Balaban J connectivity index is 1.65. The Morgan fingerprint density at radius 2 is 0.806 bits per heavy atom. The van der Waals surface area contributed by atoms with Gasteiger partial charge in [-0.05, 0) is 45.5 Å². The van der Waals surface area contributed by atoms with Crippen LogP contribution in [0.2, 0.25) is 0 Å². The molecule has 0 fully saturated rings. The van der Waals surface area contributed by atoms with E-state index in [4.69, 9.17) is 0 Å². The van der Waals surface area contributed by atoms with E-state index < -0.39 is 8.07 Å². The van der Waals surface area contributed by atoms with E-state index in [-0.39, 0.29) is 0 Å². The van der Waals surface area contributed by atoms with E-state index in [1.165, 1.54) is 32.6 Å². The third-order valence-electron chi connectivity index (χ3n) is 6.91. The van der Waals surface area contributed by atoms with E-state index in [9.17, 15) is 0 Å². The minimum Gasteiger partial charge on any atom is -0.0626 e. The second kappa shape index (κ2) is 7.37. The molecule has 0 saturated heterocycles. The van der Waals surface area contributed by atoms with Crippen molar-refractivity contribution in [2.24, 2.45) is 0 Å². The summed E-state index contributed by atoms with van der Waals surface area (Å²) in [4.78, 5) is 0. The van der Waals surface area contributed by atoms with Crippen LogP contribution in [0.15, 0.2) is 120 Å². The summed E-state index contributed by atoms with van der Waals surface area (Å²) in [5, 5.41) is 6.17. The fourth-order valence-corrected chi connectivity index (χ4v) is 10.8. The average molecular weight is 413 g/mol. The van der Waals surface area contributed by atoms with Gasteiger partial charge in [0.05, 0.1) is 0 Å². The maximum absolute atomic E-state index is 2.51. The number of rotatable bonds is 4. The van der Waals surface area contributed by atoms with Gasteiger partial charge < -0.3 is 0 Å². The molecule has 0 amide bonds. The van der Waals surface area contributed by atoms with E-state index in [0.717, 1.165) is 12.8 Å². The molecule has 0 aliphatic heterocycles. The van der Waals surface area contributed by atoms with Crippen LogP contribution in [0.25, 0.3) is 12.2 Å². The lowest BCUT2D eigenvalue weighted by atomic mass is 10.1. The molecule has 1 heteroatoms. The van der Waals surface area contributed by atoms with Gasteiger partial charge in [0.1, 0.15) is 0 Å². The van der Waals surface area contributed by atoms with E-state index in [1.54, 1.807) is 10.4 Å². The maximum atomic E-state index is 2.51. The highest BCUT2D eigenvalue weighted by Gasteiger charge is 2.46. The van der Waals surface area contributed by atoms with Gasteiger partial charge in [0.2, 0.25) is 0 Å². The van der Waals surface area contributed by atoms with Crippen molar-refractivity contribution in [2.75, 3.05) is 0 Å². The first-order chi connectivity index (χ1) is 15.4. The number of fused-ring (bicyclic) bond motifs is 2. The summed E-state index contributed by atoms with van der Waals surface area (Å²) in [5.41, 5.74) is 5.68. The van der Waals surface area contributed by atoms with Gasteiger partial charge in [-0.2, -0.15) is 0 Å². The molecule has 0 bridgehead atoms. The lowest BCUT2D eigenvalue weighted by Crippen LogP contribution is -2.62. The van der Waals surface area contributed by atoms with Gasteiger partial charge in [-0.3, -0.25) is 0 Å². The molecule has 0 saturated carbocycles. The molecule has 0 N–H and O–H groups in total. The molecule has 0 radical (unpaired) electrons. The summed E-state index contributed by atoms with van der Waals surface area (Å²) in [6, 6.07) is 40.4. The number of benzene rings is 4. The summed E-state index contributed by atoms with van der Waals surface area (Å²) in [5.74, 6) is 0. The van der Waals surface area contributed by atoms with Crippen LogP contribution >= 0.6 is 0 Å². The first-order valence-electron chi connectivity index (χ1n) is 11.0. The molecule has 4 aromatic carbocycles. The van der Waals surface area contributed by atoms with Gasteiger partial charge in [0.15, 0.2) is 8.07 Å². The minimum atomic E-state index is -2.36. The standard InChI is InChI=1S/C30H24Si/c1-3-15-27(16-4-1)31(28-17-5-2-6-18-28,29-19-23-11-7-8-12-24(23)20-29)30-21-25-13-9-10-14-26(25)22-30/h1-19,21H,20,22H2. The van der Waals surface area contributed by atoms with Crippen molar-refractivity contribution in [3.05, 3.63) is 142 Å². The average Bonchev–Trinajstić information content (AvgIpc) is 3.46. The third kappa shape index (κ3) is 2.89. The van der Waals surface area contributed by atoms with Crippen molar-refractivity contribution < 1.29 is 0 Å². The Bertz CT molecular complexity index is 1210. The zero-order valence-electron chi connectivity index (χ0n) is 17.5. The zero-order chi connectivity index (χ0) is 20.7. The summed E-state index contributed by atoms with van der Waals surface area (Å²) >= 11 is 0. The highest BCUT2D eigenvalue weighted by Crippen LogP contribution is 2.39. The smallest absolute Gasteiger partial charge is 0.0626 e.